The first-order valence-electron chi connectivity index (χ1n) is 6.40. The van der Waals surface area contributed by atoms with Crippen molar-refractivity contribution in [3.63, 3.8) is 0 Å². The number of rotatable bonds is 4. The first-order chi connectivity index (χ1) is 9.41. The van der Waals surface area contributed by atoms with Crippen LogP contribution in [-0.2, 0) is 6.42 Å². The number of nitro benzene ring substituents is 1. The van der Waals surface area contributed by atoms with Gasteiger partial charge in [-0.1, -0.05) is 31.1 Å². The summed E-state index contributed by atoms with van der Waals surface area (Å²) in [6, 6.07) is 4.92. The minimum atomic E-state index is -0.416. The Morgan fingerprint density at radius 2 is 2.15 bits per heavy atom. The zero-order chi connectivity index (χ0) is 14.9. The van der Waals surface area contributed by atoms with E-state index in [1.165, 1.54) is 6.07 Å². The number of nitrogen functional groups attached to an aromatic ring is 1. The Morgan fingerprint density at radius 3 is 2.75 bits per heavy atom. The van der Waals surface area contributed by atoms with Crippen molar-refractivity contribution in [2.45, 2.75) is 27.2 Å². The van der Waals surface area contributed by atoms with E-state index >= 15 is 0 Å². The highest BCUT2D eigenvalue weighted by Crippen LogP contribution is 2.37. The molecule has 6 heteroatoms. The van der Waals surface area contributed by atoms with Crippen LogP contribution in [0.3, 0.4) is 0 Å². The topological polar surface area (TPSA) is 95.2 Å². The van der Waals surface area contributed by atoms with E-state index in [0.29, 0.717) is 29.5 Å². The fourth-order valence-corrected chi connectivity index (χ4v) is 2.22. The lowest BCUT2D eigenvalue weighted by molar-refractivity contribution is -0.384. The van der Waals surface area contributed by atoms with Gasteiger partial charge in [-0.25, -0.2) is 0 Å². The van der Waals surface area contributed by atoms with E-state index in [2.05, 4.69) is 5.16 Å². The number of anilines is 1. The summed E-state index contributed by atoms with van der Waals surface area (Å²) in [7, 11) is 0. The molecule has 2 aromatic rings. The number of nitrogens with two attached hydrogens (primary N) is 1. The third-order valence-electron chi connectivity index (χ3n) is 3.11. The zero-order valence-electron chi connectivity index (χ0n) is 11.7. The Morgan fingerprint density at radius 1 is 1.45 bits per heavy atom. The molecule has 2 rings (SSSR count). The van der Waals surface area contributed by atoms with Crippen LogP contribution in [0.2, 0.25) is 0 Å². The summed E-state index contributed by atoms with van der Waals surface area (Å²) >= 11 is 0. The van der Waals surface area contributed by atoms with E-state index in [9.17, 15) is 10.1 Å². The molecule has 0 unspecified atom stereocenters. The third kappa shape index (κ3) is 2.49. The summed E-state index contributed by atoms with van der Waals surface area (Å²) in [5.41, 5.74) is 7.79. The molecule has 1 aromatic heterocycles. The van der Waals surface area contributed by atoms with Gasteiger partial charge in [0.2, 0.25) is 0 Å². The Kier molecular flexibility index (Phi) is 3.74. The van der Waals surface area contributed by atoms with Gasteiger partial charge in [0, 0.05) is 11.6 Å². The average molecular weight is 275 g/mol. The Bertz CT molecular complexity index is 647. The molecule has 0 saturated carbocycles. The number of benzene rings is 1. The van der Waals surface area contributed by atoms with Crippen LogP contribution in [0.4, 0.5) is 11.5 Å². The second-order valence-electron chi connectivity index (χ2n) is 5.20. The fraction of sp³-hybridized carbons (Fsp3) is 0.357. The van der Waals surface area contributed by atoms with E-state index in [1.807, 2.05) is 13.8 Å². The van der Waals surface area contributed by atoms with Crippen LogP contribution in [0.25, 0.3) is 11.3 Å². The van der Waals surface area contributed by atoms with Gasteiger partial charge in [-0.15, -0.1) is 0 Å². The molecule has 0 aliphatic carbocycles. The van der Waals surface area contributed by atoms with Crippen molar-refractivity contribution in [3.8, 4) is 11.3 Å². The highest BCUT2D eigenvalue weighted by atomic mass is 16.6. The quantitative estimate of drug-likeness (QED) is 0.682. The molecule has 0 spiro atoms. The fourth-order valence-electron chi connectivity index (χ4n) is 2.22. The van der Waals surface area contributed by atoms with Gasteiger partial charge < -0.3 is 10.3 Å². The molecule has 0 amide bonds. The number of hydrogen-bond acceptors (Lipinski definition) is 5. The summed E-state index contributed by atoms with van der Waals surface area (Å²) in [5.74, 6) is 1.05. The van der Waals surface area contributed by atoms with E-state index in [1.54, 1.807) is 19.1 Å². The van der Waals surface area contributed by atoms with Gasteiger partial charge in [-0.05, 0) is 24.8 Å². The van der Waals surface area contributed by atoms with Gasteiger partial charge in [0.1, 0.15) is 5.56 Å². The normalized spacial score (nSPS) is 11.0. The predicted molar refractivity (Wildman–Crippen MR) is 76.3 cm³/mol. The predicted octanol–water partition coefficient (Wildman–Crippen LogP) is 3.34. The molecule has 1 aromatic carbocycles. The number of nitrogens with zero attached hydrogens (tertiary/aromatic N) is 2. The van der Waals surface area contributed by atoms with Gasteiger partial charge in [-0.3, -0.25) is 10.1 Å². The summed E-state index contributed by atoms with van der Waals surface area (Å²) < 4.78 is 5.27. The van der Waals surface area contributed by atoms with Crippen LogP contribution in [-0.4, -0.2) is 10.1 Å². The van der Waals surface area contributed by atoms with E-state index in [-0.39, 0.29) is 5.69 Å². The average Bonchev–Trinajstić information content (AvgIpc) is 2.70. The molecule has 6 nitrogen and oxygen atoms in total. The van der Waals surface area contributed by atoms with E-state index in [0.717, 1.165) is 11.1 Å². The number of hydrogen-bond donors (Lipinski definition) is 1. The van der Waals surface area contributed by atoms with Crippen molar-refractivity contribution in [2.24, 2.45) is 5.92 Å². The van der Waals surface area contributed by atoms with Gasteiger partial charge in [0.15, 0.2) is 11.6 Å². The van der Waals surface area contributed by atoms with Crippen LogP contribution in [0, 0.1) is 23.0 Å². The van der Waals surface area contributed by atoms with Crippen LogP contribution >= 0.6 is 0 Å². The maximum absolute atomic E-state index is 11.2. The standard InChI is InChI=1S/C14H17N3O3/c1-8(2)7-10-13(20-16-14(10)15)12-9(3)5-4-6-11(12)17(18)19/h4-6,8H,7H2,1-3H3,(H2,15,16). The molecule has 1 heterocycles. The molecule has 106 valence electrons. The molecule has 20 heavy (non-hydrogen) atoms. The summed E-state index contributed by atoms with van der Waals surface area (Å²) in [4.78, 5) is 10.8. The Hall–Kier alpha value is -2.37. The molecular formula is C14H17N3O3. The number of aryl methyl sites for hydroxylation is 1. The molecule has 0 radical (unpaired) electrons. The van der Waals surface area contributed by atoms with Gasteiger partial charge in [-0.2, -0.15) is 0 Å². The lowest BCUT2D eigenvalue weighted by Crippen LogP contribution is -2.01. The monoisotopic (exact) mass is 275 g/mol. The Balaban J connectivity index is 2.66. The first-order valence-corrected chi connectivity index (χ1v) is 6.40. The molecule has 0 fully saturated rings. The van der Waals surface area contributed by atoms with Crippen molar-refractivity contribution in [1.82, 2.24) is 5.16 Å². The molecule has 0 aliphatic heterocycles. The van der Waals surface area contributed by atoms with Crippen molar-refractivity contribution in [3.05, 3.63) is 39.4 Å². The largest absolute Gasteiger partial charge is 0.381 e. The molecule has 0 atom stereocenters. The lowest BCUT2D eigenvalue weighted by Gasteiger charge is -2.07. The minimum absolute atomic E-state index is 0.00570. The molecule has 0 aliphatic rings. The number of nitro groups is 1. The minimum Gasteiger partial charge on any atom is -0.381 e. The van der Waals surface area contributed by atoms with Crippen molar-refractivity contribution >= 4 is 11.5 Å². The van der Waals surface area contributed by atoms with Gasteiger partial charge >= 0.3 is 0 Å². The van der Waals surface area contributed by atoms with Crippen molar-refractivity contribution < 1.29 is 9.45 Å². The maximum atomic E-state index is 11.2. The second-order valence-corrected chi connectivity index (χ2v) is 5.20. The zero-order valence-corrected chi connectivity index (χ0v) is 11.7. The summed E-state index contributed by atoms with van der Waals surface area (Å²) in [6.07, 6.45) is 0.663. The van der Waals surface area contributed by atoms with E-state index in [4.69, 9.17) is 10.3 Å². The van der Waals surface area contributed by atoms with Gasteiger partial charge in [0.25, 0.3) is 5.69 Å². The van der Waals surface area contributed by atoms with Crippen LogP contribution in [0.15, 0.2) is 22.7 Å². The number of aromatic nitrogens is 1. The summed E-state index contributed by atoms with van der Waals surface area (Å²) in [5, 5.41) is 15.0. The molecule has 0 bridgehead atoms. The lowest BCUT2D eigenvalue weighted by atomic mass is 9.96. The Labute approximate surface area is 116 Å². The second kappa shape index (κ2) is 5.32. The van der Waals surface area contributed by atoms with Crippen molar-refractivity contribution in [1.29, 1.82) is 0 Å². The van der Waals surface area contributed by atoms with Crippen LogP contribution in [0.1, 0.15) is 25.0 Å². The molecule has 2 N–H and O–H groups in total. The first kappa shape index (κ1) is 14.0. The maximum Gasteiger partial charge on any atom is 0.280 e. The van der Waals surface area contributed by atoms with Crippen LogP contribution < -0.4 is 5.73 Å². The van der Waals surface area contributed by atoms with Crippen molar-refractivity contribution in [2.75, 3.05) is 5.73 Å². The summed E-state index contributed by atoms with van der Waals surface area (Å²) in [6.45, 7) is 5.89. The SMILES string of the molecule is Cc1cccc([N+](=O)[O-])c1-c1onc(N)c1CC(C)C. The van der Waals surface area contributed by atoms with Crippen LogP contribution in [0.5, 0.6) is 0 Å². The van der Waals surface area contributed by atoms with Gasteiger partial charge in [0.05, 0.1) is 4.92 Å². The molecule has 0 saturated heterocycles. The highest BCUT2D eigenvalue weighted by molar-refractivity contribution is 5.77. The molecular weight excluding hydrogens is 258 g/mol. The smallest absolute Gasteiger partial charge is 0.280 e. The van der Waals surface area contributed by atoms with E-state index < -0.39 is 4.92 Å². The third-order valence-corrected chi connectivity index (χ3v) is 3.11. The highest BCUT2D eigenvalue weighted by Gasteiger charge is 2.25.